The summed E-state index contributed by atoms with van der Waals surface area (Å²) in [7, 11) is 0. The van der Waals surface area contributed by atoms with Crippen molar-refractivity contribution >= 4 is 45.2 Å². The Morgan fingerprint density at radius 1 is 1.45 bits per heavy atom. The van der Waals surface area contributed by atoms with Crippen molar-refractivity contribution in [2.75, 3.05) is 6.54 Å². The smallest absolute Gasteiger partial charge is 0.349 e. The molecule has 1 atom stereocenters. The summed E-state index contributed by atoms with van der Waals surface area (Å²) in [6.07, 6.45) is 0.648. The van der Waals surface area contributed by atoms with Gasteiger partial charge in [0.05, 0.1) is 0 Å². The van der Waals surface area contributed by atoms with Gasteiger partial charge >= 0.3 is 5.63 Å². The van der Waals surface area contributed by atoms with Crippen LogP contribution in [0.25, 0.3) is 11.0 Å². The second-order valence-corrected chi connectivity index (χ2v) is 5.97. The van der Waals surface area contributed by atoms with Crippen molar-refractivity contribution in [3.8, 4) is 0 Å². The molecule has 0 aliphatic carbocycles. The number of nitrogens with two attached hydrogens (primary N) is 1. The molecule has 0 saturated heterocycles. The summed E-state index contributed by atoms with van der Waals surface area (Å²) in [5.74, 6) is -0.427. The third-order valence-electron chi connectivity index (χ3n) is 3.24. The van der Waals surface area contributed by atoms with Crippen molar-refractivity contribution in [1.29, 1.82) is 0 Å². The zero-order valence-corrected chi connectivity index (χ0v) is 14.7. The molecule has 0 fully saturated rings. The lowest BCUT2D eigenvalue weighted by molar-refractivity contribution is 0.0948. The third-order valence-corrected chi connectivity index (χ3v) is 3.73. The number of rotatable bonds is 4. The predicted octanol–water partition coefficient (Wildman–Crippen LogP) is 2.75. The van der Waals surface area contributed by atoms with E-state index in [0.29, 0.717) is 24.1 Å². The summed E-state index contributed by atoms with van der Waals surface area (Å²) in [4.78, 5) is 24.2. The number of halogens is 2. The van der Waals surface area contributed by atoms with Crippen LogP contribution in [0.1, 0.15) is 29.3 Å². The molecule has 0 aliphatic rings. The minimum absolute atomic E-state index is 0. The predicted molar refractivity (Wildman–Crippen MR) is 92.8 cm³/mol. The zero-order valence-electron chi connectivity index (χ0n) is 12.3. The molecule has 1 amide bonds. The van der Waals surface area contributed by atoms with Gasteiger partial charge in [-0.25, -0.2) is 4.79 Å². The first-order valence-electron chi connectivity index (χ1n) is 6.67. The highest BCUT2D eigenvalue weighted by atomic mass is 79.9. The van der Waals surface area contributed by atoms with Gasteiger partial charge in [0.2, 0.25) is 0 Å². The molecule has 5 nitrogen and oxygen atoms in total. The molecular weight excluding hydrogens is 372 g/mol. The molecule has 22 heavy (non-hydrogen) atoms. The van der Waals surface area contributed by atoms with Gasteiger partial charge in [-0.05, 0) is 44.0 Å². The third kappa shape index (κ3) is 4.09. The van der Waals surface area contributed by atoms with Gasteiger partial charge in [0.15, 0.2) is 0 Å². The Morgan fingerprint density at radius 2 is 2.14 bits per heavy atom. The van der Waals surface area contributed by atoms with Crippen molar-refractivity contribution in [3.05, 3.63) is 44.2 Å². The van der Waals surface area contributed by atoms with Crippen LogP contribution in [0, 0.1) is 6.92 Å². The summed E-state index contributed by atoms with van der Waals surface area (Å²) < 4.78 is 6.07. The van der Waals surface area contributed by atoms with Crippen LogP contribution in [-0.2, 0) is 0 Å². The second kappa shape index (κ2) is 7.76. The van der Waals surface area contributed by atoms with Gasteiger partial charge in [-0.15, -0.1) is 12.4 Å². The minimum Gasteiger partial charge on any atom is -0.422 e. The van der Waals surface area contributed by atoms with Crippen LogP contribution in [0.5, 0.6) is 0 Å². The zero-order chi connectivity index (χ0) is 15.6. The maximum atomic E-state index is 12.2. The average Bonchev–Trinajstić information content (AvgIpc) is 2.39. The van der Waals surface area contributed by atoms with Crippen LogP contribution in [0.2, 0.25) is 0 Å². The van der Waals surface area contributed by atoms with Crippen LogP contribution in [-0.4, -0.2) is 18.5 Å². The maximum Gasteiger partial charge on any atom is 0.349 e. The Kier molecular flexibility index (Phi) is 6.59. The SMILES string of the molecule is Cc1c(C(=O)NCCC(C)N)c(=O)oc2ccc(Br)cc12.Cl. The van der Waals surface area contributed by atoms with Gasteiger partial charge in [-0.2, -0.15) is 0 Å². The molecule has 1 aromatic carbocycles. The Morgan fingerprint density at radius 3 is 2.77 bits per heavy atom. The van der Waals surface area contributed by atoms with E-state index in [2.05, 4.69) is 21.2 Å². The van der Waals surface area contributed by atoms with E-state index in [-0.39, 0.29) is 24.0 Å². The molecule has 120 valence electrons. The standard InChI is InChI=1S/C15H17BrN2O3.ClH/c1-8(17)5-6-18-14(19)13-9(2)11-7-10(16)3-4-12(11)21-15(13)20;/h3-4,7-8H,5-6,17H2,1-2H3,(H,18,19);1H. The minimum atomic E-state index is -0.624. The van der Waals surface area contributed by atoms with Crippen LogP contribution in [0.4, 0.5) is 0 Å². The number of fused-ring (bicyclic) bond motifs is 1. The molecule has 1 unspecified atom stereocenters. The van der Waals surface area contributed by atoms with Crippen molar-refractivity contribution < 1.29 is 9.21 Å². The first kappa shape index (κ1) is 18.7. The molecule has 2 rings (SSSR count). The summed E-state index contributed by atoms with van der Waals surface area (Å²) in [6.45, 7) is 4.03. The van der Waals surface area contributed by atoms with E-state index in [4.69, 9.17) is 10.2 Å². The van der Waals surface area contributed by atoms with E-state index < -0.39 is 11.5 Å². The van der Waals surface area contributed by atoms with Crippen molar-refractivity contribution in [1.82, 2.24) is 5.32 Å². The Hall–Kier alpha value is -1.37. The Balaban J connectivity index is 0.00000242. The summed E-state index contributed by atoms with van der Waals surface area (Å²) in [5, 5.41) is 3.44. The van der Waals surface area contributed by atoms with E-state index in [0.717, 1.165) is 9.86 Å². The fourth-order valence-corrected chi connectivity index (χ4v) is 2.45. The van der Waals surface area contributed by atoms with Crippen LogP contribution in [0.15, 0.2) is 31.9 Å². The molecule has 0 aliphatic heterocycles. The van der Waals surface area contributed by atoms with E-state index in [1.165, 1.54) is 0 Å². The lowest BCUT2D eigenvalue weighted by atomic mass is 10.1. The normalized spacial score (nSPS) is 11.8. The monoisotopic (exact) mass is 388 g/mol. The number of amides is 1. The largest absolute Gasteiger partial charge is 0.422 e. The Labute approximate surface area is 142 Å². The lowest BCUT2D eigenvalue weighted by Crippen LogP contribution is -2.32. The molecule has 0 saturated carbocycles. The van der Waals surface area contributed by atoms with Gasteiger partial charge in [-0.3, -0.25) is 4.79 Å². The first-order valence-corrected chi connectivity index (χ1v) is 7.46. The van der Waals surface area contributed by atoms with Crippen molar-refractivity contribution in [2.24, 2.45) is 5.73 Å². The molecule has 0 radical (unpaired) electrons. The fourth-order valence-electron chi connectivity index (χ4n) is 2.09. The quantitative estimate of drug-likeness (QED) is 0.787. The van der Waals surface area contributed by atoms with Crippen LogP contribution in [0.3, 0.4) is 0 Å². The summed E-state index contributed by atoms with van der Waals surface area (Å²) in [6, 6.07) is 5.31. The van der Waals surface area contributed by atoms with Gasteiger partial charge in [-0.1, -0.05) is 15.9 Å². The number of benzene rings is 1. The first-order chi connectivity index (χ1) is 9.90. The average molecular weight is 390 g/mol. The molecule has 1 heterocycles. The number of hydrogen-bond donors (Lipinski definition) is 2. The number of nitrogens with one attached hydrogen (secondary N) is 1. The lowest BCUT2D eigenvalue weighted by Gasteiger charge is -2.10. The highest BCUT2D eigenvalue weighted by Crippen LogP contribution is 2.23. The molecule has 3 N–H and O–H groups in total. The van der Waals surface area contributed by atoms with Crippen LogP contribution < -0.4 is 16.7 Å². The second-order valence-electron chi connectivity index (χ2n) is 5.05. The molecule has 0 spiro atoms. The molecule has 0 bridgehead atoms. The highest BCUT2D eigenvalue weighted by molar-refractivity contribution is 9.10. The van der Waals surface area contributed by atoms with Gasteiger partial charge in [0.25, 0.3) is 5.91 Å². The van der Waals surface area contributed by atoms with E-state index in [9.17, 15) is 9.59 Å². The van der Waals surface area contributed by atoms with E-state index in [1.54, 1.807) is 19.1 Å². The summed E-state index contributed by atoms with van der Waals surface area (Å²) in [5.41, 5.74) is 6.13. The van der Waals surface area contributed by atoms with E-state index >= 15 is 0 Å². The van der Waals surface area contributed by atoms with Crippen molar-refractivity contribution in [3.63, 3.8) is 0 Å². The fraction of sp³-hybridized carbons (Fsp3) is 0.333. The highest BCUT2D eigenvalue weighted by Gasteiger charge is 2.18. The van der Waals surface area contributed by atoms with Crippen molar-refractivity contribution in [2.45, 2.75) is 26.3 Å². The topological polar surface area (TPSA) is 85.3 Å². The number of hydrogen-bond acceptors (Lipinski definition) is 4. The number of carbonyl (C=O) groups excluding carboxylic acids is 1. The molecular formula is C15H18BrClN2O3. The maximum absolute atomic E-state index is 12.2. The number of aryl methyl sites for hydroxylation is 1. The van der Waals surface area contributed by atoms with Gasteiger partial charge in [0.1, 0.15) is 11.1 Å². The molecule has 1 aromatic heterocycles. The van der Waals surface area contributed by atoms with Crippen LogP contribution >= 0.6 is 28.3 Å². The van der Waals surface area contributed by atoms with Gasteiger partial charge < -0.3 is 15.5 Å². The number of carbonyl (C=O) groups is 1. The summed E-state index contributed by atoms with van der Waals surface area (Å²) >= 11 is 3.37. The molecule has 2 aromatic rings. The Bertz CT molecular complexity index is 743. The molecule has 7 heteroatoms. The van der Waals surface area contributed by atoms with Gasteiger partial charge in [0, 0.05) is 22.4 Å². The van der Waals surface area contributed by atoms with E-state index in [1.807, 2.05) is 13.0 Å².